The molecule has 6 rings (SSSR count). The fraction of sp³-hybridized carbons (Fsp3) is 0.405. The lowest BCUT2D eigenvalue weighted by Crippen LogP contribution is -2.46. The Hall–Kier alpha value is -5.69. The number of anilines is 2. The Morgan fingerprint density at radius 3 is 1.57 bits per heavy atom. The number of piperidine rings is 2. The van der Waals surface area contributed by atoms with Gasteiger partial charge >= 0.3 is 18.2 Å². The Kier molecular flexibility index (Phi) is 13.9. The van der Waals surface area contributed by atoms with Crippen molar-refractivity contribution in [2.75, 3.05) is 36.8 Å². The van der Waals surface area contributed by atoms with Gasteiger partial charge in [0, 0.05) is 83.6 Å². The number of nitrogens with one attached hydrogen (secondary N) is 4. The number of likely N-dealkylation sites (tertiary alicyclic amines) is 2. The molecule has 0 saturated carbocycles. The van der Waals surface area contributed by atoms with E-state index in [1.165, 1.54) is 62.6 Å². The molecule has 2 fully saturated rings. The molecule has 2 saturated heterocycles. The lowest BCUT2D eigenvalue weighted by atomic mass is 10.0. The summed E-state index contributed by atoms with van der Waals surface area (Å²) in [7, 11) is 3.01. The molecule has 2 aromatic carbocycles. The van der Waals surface area contributed by atoms with Crippen LogP contribution in [0.4, 0.5) is 43.2 Å². The number of alkyl halides is 3. The van der Waals surface area contributed by atoms with Crippen LogP contribution in [-0.4, -0.2) is 79.7 Å². The summed E-state index contributed by atoms with van der Waals surface area (Å²) in [4.78, 5) is 50.6. The Morgan fingerprint density at radius 1 is 0.679 bits per heavy atom. The second kappa shape index (κ2) is 18.8. The average molecular weight is 787 g/mol. The maximum Gasteiger partial charge on any atom is 0.416 e. The molecular weight excluding hydrogens is 743 g/mol. The summed E-state index contributed by atoms with van der Waals surface area (Å²) in [6.07, 6.45) is -1.67. The minimum Gasteiger partial charge on any atom is -0.324 e. The summed E-state index contributed by atoms with van der Waals surface area (Å²) in [5, 5.41) is 19.7. The van der Waals surface area contributed by atoms with E-state index in [1.807, 2.05) is 0 Å². The van der Waals surface area contributed by atoms with Crippen LogP contribution in [0.1, 0.15) is 42.4 Å². The number of aryl methyl sites for hydroxylation is 2. The first-order chi connectivity index (χ1) is 26.6. The van der Waals surface area contributed by atoms with Crippen LogP contribution >= 0.6 is 0 Å². The fourth-order valence-corrected chi connectivity index (χ4v) is 6.27. The van der Waals surface area contributed by atoms with Gasteiger partial charge in [0.15, 0.2) is 11.6 Å². The summed E-state index contributed by atoms with van der Waals surface area (Å²) in [5.74, 6) is -0.591. The van der Waals surface area contributed by atoms with E-state index in [1.54, 1.807) is 15.9 Å². The summed E-state index contributed by atoms with van der Waals surface area (Å²) >= 11 is 0. The lowest BCUT2D eigenvalue weighted by Gasteiger charge is -2.32. The Balaban J connectivity index is 0.000000215. The minimum absolute atomic E-state index is 0.0241. The molecule has 0 spiro atoms. The van der Waals surface area contributed by atoms with Crippen LogP contribution < -0.4 is 32.4 Å². The molecule has 4 aromatic rings. The molecule has 4 amide bonds. The van der Waals surface area contributed by atoms with Crippen LogP contribution in [0.15, 0.2) is 76.3 Å². The third kappa shape index (κ3) is 11.9. The van der Waals surface area contributed by atoms with Gasteiger partial charge in [-0.2, -0.15) is 23.4 Å². The monoisotopic (exact) mass is 786 g/mol. The van der Waals surface area contributed by atoms with E-state index in [0.29, 0.717) is 56.9 Å². The molecule has 300 valence electrons. The second-order valence-electron chi connectivity index (χ2n) is 13.4. The van der Waals surface area contributed by atoms with Crippen LogP contribution in [0, 0.1) is 11.6 Å². The van der Waals surface area contributed by atoms with Crippen molar-refractivity contribution >= 4 is 23.7 Å². The molecule has 2 aliphatic heterocycles. The van der Waals surface area contributed by atoms with Gasteiger partial charge in [0.1, 0.15) is 11.6 Å². The van der Waals surface area contributed by atoms with Crippen LogP contribution in [0.2, 0.25) is 0 Å². The SMILES string of the molecule is Cn1nc(NC(=O)N2CCC(NCc3cc(F)cc(F)c3)CC2)ccc1=O.Cn1nc(NC(=O)N2CCC(NCc3ccccc3C(F)(F)F)CC2)ccc1=O. The molecule has 4 heterocycles. The zero-order chi connectivity index (χ0) is 40.4. The van der Waals surface area contributed by atoms with Crippen LogP contribution in [-0.2, 0) is 33.4 Å². The quantitative estimate of drug-likeness (QED) is 0.191. The summed E-state index contributed by atoms with van der Waals surface area (Å²) in [6.45, 7) is 2.52. The van der Waals surface area contributed by atoms with E-state index < -0.39 is 23.4 Å². The predicted molar refractivity (Wildman–Crippen MR) is 198 cm³/mol. The fourth-order valence-electron chi connectivity index (χ4n) is 6.27. The van der Waals surface area contributed by atoms with Gasteiger partial charge in [-0.15, -0.1) is 0 Å². The number of carbonyl (C=O) groups is 2. The van der Waals surface area contributed by atoms with Crippen LogP contribution in [0.3, 0.4) is 0 Å². The highest BCUT2D eigenvalue weighted by Crippen LogP contribution is 2.32. The Labute approximate surface area is 318 Å². The number of halogens is 5. The molecule has 0 aliphatic carbocycles. The van der Waals surface area contributed by atoms with Gasteiger partial charge in [-0.05, 0) is 67.1 Å². The van der Waals surface area contributed by atoms with Crippen molar-refractivity contribution in [2.45, 2.75) is 57.0 Å². The maximum absolute atomic E-state index is 13.2. The van der Waals surface area contributed by atoms with E-state index in [-0.39, 0.29) is 53.2 Å². The standard InChI is InChI=1S/C19H22F3N5O2.C18H21F2N5O2/c1-26-17(28)7-6-16(25-26)24-18(29)27-10-8-14(9-11-27)23-12-13-4-2-3-5-15(13)19(20,21)22;1-24-17(26)3-2-16(23-24)22-18(27)25-6-4-15(5-7-25)21-11-12-8-13(19)10-14(20)9-12/h2-7,14,23H,8-12H2,1H3,(H,24,25,29);2-3,8-10,15,21H,4-7,11H2,1H3,(H,22,23,27). The molecule has 56 heavy (non-hydrogen) atoms. The topological polar surface area (TPSA) is 159 Å². The molecule has 19 heteroatoms. The van der Waals surface area contributed by atoms with Crippen molar-refractivity contribution in [3.05, 3.63) is 116 Å². The number of carbonyl (C=O) groups excluding carboxylic acids is 2. The number of nitrogens with zero attached hydrogens (tertiary/aromatic N) is 6. The number of hydrogen-bond donors (Lipinski definition) is 4. The third-order valence-electron chi connectivity index (χ3n) is 9.38. The van der Waals surface area contributed by atoms with Gasteiger partial charge in [0.05, 0.1) is 5.56 Å². The highest BCUT2D eigenvalue weighted by atomic mass is 19.4. The van der Waals surface area contributed by atoms with Crippen molar-refractivity contribution in [3.63, 3.8) is 0 Å². The van der Waals surface area contributed by atoms with Crippen LogP contribution in [0.5, 0.6) is 0 Å². The van der Waals surface area contributed by atoms with Crippen molar-refractivity contribution in [1.82, 2.24) is 40.0 Å². The second-order valence-corrected chi connectivity index (χ2v) is 13.4. The molecule has 14 nitrogen and oxygen atoms in total. The van der Waals surface area contributed by atoms with Crippen LogP contribution in [0.25, 0.3) is 0 Å². The van der Waals surface area contributed by atoms with E-state index in [4.69, 9.17) is 0 Å². The Bertz CT molecular complexity index is 2070. The molecule has 2 aromatic heterocycles. The van der Waals surface area contributed by atoms with Crippen molar-refractivity contribution < 1.29 is 31.5 Å². The molecule has 2 aliphatic rings. The first-order valence-electron chi connectivity index (χ1n) is 17.9. The van der Waals surface area contributed by atoms with Gasteiger partial charge in [-0.1, -0.05) is 18.2 Å². The normalized spacial score (nSPS) is 15.2. The van der Waals surface area contributed by atoms with E-state index in [0.717, 1.165) is 34.3 Å². The molecule has 0 atom stereocenters. The van der Waals surface area contributed by atoms with Gasteiger partial charge in [-0.3, -0.25) is 20.2 Å². The predicted octanol–water partition coefficient (Wildman–Crippen LogP) is 4.43. The summed E-state index contributed by atoms with van der Waals surface area (Å²) in [6, 6.07) is 14.1. The van der Waals surface area contributed by atoms with Crippen molar-refractivity contribution in [1.29, 1.82) is 0 Å². The molecule has 4 N–H and O–H groups in total. The van der Waals surface area contributed by atoms with Crippen molar-refractivity contribution in [2.24, 2.45) is 14.1 Å². The van der Waals surface area contributed by atoms with Crippen molar-refractivity contribution in [3.8, 4) is 0 Å². The third-order valence-corrected chi connectivity index (χ3v) is 9.38. The summed E-state index contributed by atoms with van der Waals surface area (Å²) < 4.78 is 67.9. The number of rotatable bonds is 8. The number of urea groups is 2. The van der Waals surface area contributed by atoms with Gasteiger partial charge < -0.3 is 20.4 Å². The number of hydrogen-bond acceptors (Lipinski definition) is 8. The van der Waals surface area contributed by atoms with E-state index in [2.05, 4.69) is 31.5 Å². The van der Waals surface area contributed by atoms with Gasteiger partial charge in [0.25, 0.3) is 11.1 Å². The van der Waals surface area contributed by atoms with Gasteiger partial charge in [-0.25, -0.2) is 27.7 Å². The largest absolute Gasteiger partial charge is 0.416 e. The number of aromatic nitrogens is 4. The van der Waals surface area contributed by atoms with E-state index in [9.17, 15) is 41.1 Å². The summed E-state index contributed by atoms with van der Waals surface area (Å²) in [5.41, 5.74) is -0.400. The number of amides is 4. The zero-order valence-electron chi connectivity index (χ0n) is 30.8. The lowest BCUT2D eigenvalue weighted by molar-refractivity contribution is -0.138. The first kappa shape index (κ1) is 41.5. The Morgan fingerprint density at radius 2 is 1.12 bits per heavy atom. The zero-order valence-corrected chi connectivity index (χ0v) is 30.8. The van der Waals surface area contributed by atoms with E-state index >= 15 is 0 Å². The molecule has 0 bridgehead atoms. The number of benzene rings is 2. The van der Waals surface area contributed by atoms with Gasteiger partial charge in [0.2, 0.25) is 0 Å². The minimum atomic E-state index is -4.38. The molecule has 0 unspecified atom stereocenters. The highest BCUT2D eigenvalue weighted by molar-refractivity contribution is 5.88. The maximum atomic E-state index is 13.2. The molecule has 0 radical (unpaired) electrons. The smallest absolute Gasteiger partial charge is 0.324 e. The molecular formula is C37H43F5N10O4. The highest BCUT2D eigenvalue weighted by Gasteiger charge is 2.33. The first-order valence-corrected chi connectivity index (χ1v) is 17.9. The average Bonchev–Trinajstić information content (AvgIpc) is 3.16.